The summed E-state index contributed by atoms with van der Waals surface area (Å²) in [6.45, 7) is 0. The number of amides is 1. The summed E-state index contributed by atoms with van der Waals surface area (Å²) in [4.78, 5) is 18.1. The van der Waals surface area contributed by atoms with E-state index >= 15 is 0 Å². The Bertz CT molecular complexity index is 1760. The average Bonchev–Trinajstić information content (AvgIpc) is 3.39. The van der Waals surface area contributed by atoms with Crippen LogP contribution in [0.2, 0.25) is 10.0 Å². The molecule has 8 heteroatoms. The van der Waals surface area contributed by atoms with E-state index in [1.54, 1.807) is 30.3 Å². The molecule has 0 aliphatic heterocycles. The Kier molecular flexibility index (Phi) is 5.34. The Morgan fingerprint density at radius 2 is 1.76 bits per heavy atom. The van der Waals surface area contributed by atoms with Gasteiger partial charge in [-0.2, -0.15) is 0 Å². The molecule has 0 unspecified atom stereocenters. The normalized spacial score (nSPS) is 11.5. The van der Waals surface area contributed by atoms with Gasteiger partial charge in [-0.15, -0.1) is 11.3 Å². The smallest absolute Gasteiger partial charge is 0.267 e. The topological polar surface area (TPSA) is 55.1 Å². The number of rotatable bonds is 3. The maximum absolute atomic E-state index is 13.0. The van der Waals surface area contributed by atoms with Gasteiger partial charge in [-0.05, 0) is 53.2 Å². The number of carbonyl (C=O) groups excluding carboxylic acids is 1. The first kappa shape index (κ1) is 21.6. The van der Waals surface area contributed by atoms with Crippen molar-refractivity contribution in [3.05, 3.63) is 92.2 Å². The molecule has 0 fully saturated rings. The molecule has 166 valence electrons. The van der Waals surface area contributed by atoms with E-state index in [0.29, 0.717) is 37.6 Å². The van der Waals surface area contributed by atoms with E-state index in [0.717, 1.165) is 30.9 Å². The number of hydrogen-bond acceptors (Lipinski definition) is 4. The predicted molar refractivity (Wildman–Crippen MR) is 144 cm³/mol. The van der Waals surface area contributed by atoms with Crippen LogP contribution < -0.4 is 5.32 Å². The molecule has 0 atom stereocenters. The first-order valence-corrected chi connectivity index (χ1v) is 12.6. The van der Waals surface area contributed by atoms with E-state index in [1.165, 1.54) is 11.3 Å². The average molecular weight is 568 g/mol. The number of benzene rings is 4. The van der Waals surface area contributed by atoms with Crippen LogP contribution in [-0.2, 0) is 0 Å². The Labute approximate surface area is 216 Å². The Morgan fingerprint density at radius 3 is 2.65 bits per heavy atom. The second-order valence-corrected chi connectivity index (χ2v) is 10.4. The minimum atomic E-state index is -0.288. The van der Waals surface area contributed by atoms with Gasteiger partial charge in [-0.25, -0.2) is 4.98 Å². The molecule has 0 saturated carbocycles. The number of aromatic nitrogens is 1. The zero-order valence-corrected chi connectivity index (χ0v) is 21.1. The minimum Gasteiger partial charge on any atom is -0.436 e. The van der Waals surface area contributed by atoms with Crippen LogP contribution in [0.4, 0.5) is 5.69 Å². The van der Waals surface area contributed by atoms with E-state index in [1.807, 2.05) is 42.5 Å². The third-order valence-corrected chi connectivity index (χ3v) is 8.12. The zero-order valence-electron chi connectivity index (χ0n) is 17.2. The largest absolute Gasteiger partial charge is 0.436 e. The highest BCUT2D eigenvalue weighted by atomic mass is 79.9. The van der Waals surface area contributed by atoms with E-state index < -0.39 is 0 Å². The van der Waals surface area contributed by atoms with Gasteiger partial charge >= 0.3 is 0 Å². The van der Waals surface area contributed by atoms with E-state index in [4.69, 9.17) is 32.6 Å². The lowest BCUT2D eigenvalue weighted by molar-refractivity contribution is 0.103. The molecular weight excluding hydrogens is 555 g/mol. The van der Waals surface area contributed by atoms with Crippen LogP contribution in [0.3, 0.4) is 0 Å². The van der Waals surface area contributed by atoms with Crippen LogP contribution in [0.25, 0.3) is 43.4 Å². The Hall–Kier alpha value is -2.90. The SMILES string of the molecule is O=C(Nc1ccc2oc(-c3cccc4c(Br)cccc34)nc2c1)c1sc2cc(Cl)ccc2c1Cl. The molecule has 1 N–H and O–H groups in total. The fourth-order valence-electron chi connectivity index (χ4n) is 3.95. The van der Waals surface area contributed by atoms with Crippen LogP contribution in [-0.4, -0.2) is 10.9 Å². The highest BCUT2D eigenvalue weighted by Crippen LogP contribution is 2.38. The lowest BCUT2D eigenvalue weighted by Gasteiger charge is -2.04. The lowest BCUT2D eigenvalue weighted by Crippen LogP contribution is -2.10. The van der Waals surface area contributed by atoms with Crippen LogP contribution in [0, 0.1) is 0 Å². The lowest BCUT2D eigenvalue weighted by atomic mass is 10.0. The summed E-state index contributed by atoms with van der Waals surface area (Å²) in [6.07, 6.45) is 0. The van der Waals surface area contributed by atoms with Crippen molar-refractivity contribution >= 4 is 94.0 Å². The minimum absolute atomic E-state index is 0.288. The van der Waals surface area contributed by atoms with Crippen LogP contribution in [0.1, 0.15) is 9.67 Å². The predicted octanol–water partition coefficient (Wildman–Crippen LogP) is 9.18. The van der Waals surface area contributed by atoms with Crippen molar-refractivity contribution in [2.24, 2.45) is 0 Å². The third kappa shape index (κ3) is 3.67. The summed E-state index contributed by atoms with van der Waals surface area (Å²) in [5.41, 5.74) is 2.78. The fourth-order valence-corrected chi connectivity index (χ4v) is 6.14. The summed E-state index contributed by atoms with van der Waals surface area (Å²) < 4.78 is 7.92. The molecule has 0 saturated heterocycles. The van der Waals surface area contributed by atoms with Crippen molar-refractivity contribution in [3.8, 4) is 11.5 Å². The van der Waals surface area contributed by atoms with Crippen molar-refractivity contribution in [3.63, 3.8) is 0 Å². The van der Waals surface area contributed by atoms with Gasteiger partial charge in [0.1, 0.15) is 10.4 Å². The van der Waals surface area contributed by atoms with Crippen LogP contribution >= 0.6 is 50.5 Å². The summed E-state index contributed by atoms with van der Waals surface area (Å²) in [5.74, 6) is 0.232. The number of fused-ring (bicyclic) bond motifs is 3. The molecule has 0 bridgehead atoms. The Balaban J connectivity index is 1.35. The fraction of sp³-hybridized carbons (Fsp3) is 0. The number of hydrogen-bond donors (Lipinski definition) is 1. The second kappa shape index (κ2) is 8.40. The Morgan fingerprint density at radius 1 is 0.941 bits per heavy atom. The second-order valence-electron chi connectivity index (χ2n) is 7.68. The molecule has 0 radical (unpaired) electrons. The van der Waals surface area contributed by atoms with Crippen molar-refractivity contribution in [1.82, 2.24) is 4.98 Å². The van der Waals surface area contributed by atoms with Crippen LogP contribution in [0.5, 0.6) is 0 Å². The monoisotopic (exact) mass is 566 g/mol. The molecule has 0 aliphatic carbocycles. The van der Waals surface area contributed by atoms with Crippen molar-refractivity contribution in [1.29, 1.82) is 0 Å². The highest BCUT2D eigenvalue weighted by molar-refractivity contribution is 9.10. The van der Waals surface area contributed by atoms with Crippen molar-refractivity contribution in [2.45, 2.75) is 0 Å². The maximum atomic E-state index is 13.0. The number of oxazole rings is 1. The molecule has 0 aliphatic rings. The van der Waals surface area contributed by atoms with E-state index in [2.05, 4.69) is 21.2 Å². The van der Waals surface area contributed by atoms with Crippen molar-refractivity contribution in [2.75, 3.05) is 5.32 Å². The van der Waals surface area contributed by atoms with Gasteiger partial charge < -0.3 is 9.73 Å². The standard InChI is InChI=1S/C26H13BrCl2N2O2S/c27-19-6-2-3-15-16(19)4-1-5-17(15)26-31-20-12-14(8-10-21(20)33-26)30-25(32)24-23(29)18-9-7-13(28)11-22(18)34-24/h1-12H,(H,30,32). The highest BCUT2D eigenvalue weighted by Gasteiger charge is 2.18. The molecule has 6 aromatic rings. The molecule has 0 spiro atoms. The summed E-state index contributed by atoms with van der Waals surface area (Å²) in [5, 5.41) is 6.86. The number of nitrogens with zero attached hydrogens (tertiary/aromatic N) is 1. The quantitative estimate of drug-likeness (QED) is 0.232. The number of anilines is 1. The first-order valence-electron chi connectivity index (χ1n) is 10.2. The summed E-state index contributed by atoms with van der Waals surface area (Å²) in [6, 6.07) is 22.8. The molecular formula is C26H13BrCl2N2O2S. The molecule has 34 heavy (non-hydrogen) atoms. The van der Waals surface area contributed by atoms with Gasteiger partial charge in [0.05, 0.1) is 5.02 Å². The summed E-state index contributed by atoms with van der Waals surface area (Å²) in [7, 11) is 0. The number of nitrogens with one attached hydrogen (secondary N) is 1. The number of thiophene rings is 1. The molecule has 2 heterocycles. The van der Waals surface area contributed by atoms with E-state index in [9.17, 15) is 4.79 Å². The zero-order chi connectivity index (χ0) is 23.4. The van der Waals surface area contributed by atoms with Gasteiger partial charge in [-0.1, -0.05) is 69.5 Å². The molecule has 4 aromatic carbocycles. The number of halogens is 3. The first-order chi connectivity index (χ1) is 16.5. The van der Waals surface area contributed by atoms with Crippen molar-refractivity contribution < 1.29 is 9.21 Å². The molecule has 4 nitrogen and oxygen atoms in total. The van der Waals surface area contributed by atoms with Gasteiger partial charge in [0.25, 0.3) is 5.91 Å². The summed E-state index contributed by atoms with van der Waals surface area (Å²) >= 11 is 17.5. The van der Waals surface area contributed by atoms with Gasteiger partial charge in [0, 0.05) is 30.8 Å². The van der Waals surface area contributed by atoms with Gasteiger partial charge in [-0.3, -0.25) is 4.79 Å². The van der Waals surface area contributed by atoms with Crippen LogP contribution in [0.15, 0.2) is 81.7 Å². The number of carbonyl (C=O) groups is 1. The van der Waals surface area contributed by atoms with Gasteiger partial charge in [0.2, 0.25) is 5.89 Å². The molecule has 1 amide bonds. The van der Waals surface area contributed by atoms with E-state index in [-0.39, 0.29) is 5.91 Å². The van der Waals surface area contributed by atoms with Gasteiger partial charge in [0.15, 0.2) is 5.58 Å². The molecule has 2 aromatic heterocycles. The third-order valence-electron chi connectivity index (χ3n) is 5.54. The maximum Gasteiger partial charge on any atom is 0.267 e. The molecule has 6 rings (SSSR count).